The number of aromatic hydroxyl groups is 1. The van der Waals surface area contributed by atoms with Gasteiger partial charge in [-0.3, -0.25) is 4.98 Å². The molecule has 106 valence electrons. The summed E-state index contributed by atoms with van der Waals surface area (Å²) in [5, 5.41) is 21.6. The molecule has 4 nitrogen and oxygen atoms in total. The molecule has 1 aromatic carbocycles. The summed E-state index contributed by atoms with van der Waals surface area (Å²) < 4.78 is 0. The summed E-state index contributed by atoms with van der Waals surface area (Å²) in [5.41, 5.74) is 1.99. The number of thioether (sulfide) groups is 1. The first-order valence-corrected chi connectivity index (χ1v) is 7.47. The number of rotatable bonds is 7. The third-order valence-corrected chi connectivity index (χ3v) is 3.89. The Morgan fingerprint density at radius 2 is 2.15 bits per heavy atom. The number of aromatic nitrogens is 1. The van der Waals surface area contributed by atoms with Crippen molar-refractivity contribution >= 4 is 17.4 Å². The number of anilines is 1. The number of aliphatic hydroxyl groups is 1. The van der Waals surface area contributed by atoms with Crippen molar-refractivity contribution < 1.29 is 10.2 Å². The van der Waals surface area contributed by atoms with Crippen molar-refractivity contribution in [3.05, 3.63) is 48.3 Å². The fraction of sp³-hybridized carbons (Fsp3) is 0.267. The number of phenolic OH excluding ortho intramolecular Hbond substituents is 1. The first kappa shape index (κ1) is 14.7. The zero-order chi connectivity index (χ0) is 14.2. The monoisotopic (exact) mass is 290 g/mol. The second kappa shape index (κ2) is 7.77. The van der Waals surface area contributed by atoms with E-state index in [2.05, 4.69) is 10.3 Å². The molecule has 0 bridgehead atoms. The second-order valence-electron chi connectivity index (χ2n) is 4.32. The Labute approximate surface area is 122 Å². The molecule has 0 aliphatic heterocycles. The molecule has 0 saturated carbocycles. The first-order valence-electron chi connectivity index (χ1n) is 6.49. The van der Waals surface area contributed by atoms with E-state index in [9.17, 15) is 5.11 Å². The van der Waals surface area contributed by atoms with Crippen LogP contribution in [0.2, 0.25) is 0 Å². The van der Waals surface area contributed by atoms with Crippen molar-refractivity contribution in [3.8, 4) is 5.75 Å². The highest BCUT2D eigenvalue weighted by Gasteiger charge is 2.03. The minimum atomic E-state index is 0.212. The fourth-order valence-electron chi connectivity index (χ4n) is 1.75. The van der Waals surface area contributed by atoms with E-state index in [1.54, 1.807) is 36.3 Å². The molecule has 3 N–H and O–H groups in total. The number of nitrogens with zero attached hydrogens (tertiary/aromatic N) is 1. The summed E-state index contributed by atoms with van der Waals surface area (Å²) in [4.78, 5) is 5.25. The van der Waals surface area contributed by atoms with Crippen molar-refractivity contribution in [1.29, 1.82) is 0 Å². The lowest BCUT2D eigenvalue weighted by atomic mass is 10.2. The van der Waals surface area contributed by atoms with E-state index in [1.807, 2.05) is 18.2 Å². The van der Waals surface area contributed by atoms with Gasteiger partial charge in [-0.1, -0.05) is 12.1 Å². The van der Waals surface area contributed by atoms with Gasteiger partial charge in [0.15, 0.2) is 0 Å². The Morgan fingerprint density at radius 3 is 2.95 bits per heavy atom. The molecule has 2 aromatic rings. The lowest BCUT2D eigenvalue weighted by Crippen LogP contribution is -2.01. The molecule has 5 heteroatoms. The van der Waals surface area contributed by atoms with Gasteiger partial charge in [-0.15, -0.1) is 11.8 Å². The average molecular weight is 290 g/mol. The number of hydrogen-bond acceptors (Lipinski definition) is 5. The minimum absolute atomic E-state index is 0.212. The van der Waals surface area contributed by atoms with Crippen LogP contribution in [0.15, 0.2) is 47.6 Å². The highest BCUT2D eigenvalue weighted by Crippen LogP contribution is 2.27. The van der Waals surface area contributed by atoms with Crippen LogP contribution < -0.4 is 5.32 Å². The Bertz CT molecular complexity index is 549. The van der Waals surface area contributed by atoms with E-state index in [-0.39, 0.29) is 12.4 Å². The Hall–Kier alpha value is -1.72. The molecule has 0 aliphatic rings. The number of aliphatic hydroxyl groups excluding tert-OH is 1. The molecule has 1 aromatic heterocycles. The van der Waals surface area contributed by atoms with Gasteiger partial charge >= 0.3 is 0 Å². The van der Waals surface area contributed by atoms with Crippen molar-refractivity contribution in [3.63, 3.8) is 0 Å². The normalized spacial score (nSPS) is 10.4. The Balaban J connectivity index is 1.98. The lowest BCUT2D eigenvalue weighted by Gasteiger charge is -2.11. The quantitative estimate of drug-likeness (QED) is 0.540. The maximum atomic E-state index is 9.44. The maximum absolute atomic E-state index is 9.44. The van der Waals surface area contributed by atoms with Crippen LogP contribution in [0.1, 0.15) is 12.0 Å². The van der Waals surface area contributed by atoms with Crippen molar-refractivity contribution in [1.82, 2.24) is 4.98 Å². The summed E-state index contributed by atoms with van der Waals surface area (Å²) in [6.07, 6.45) is 4.34. The number of hydrogen-bond donors (Lipinski definition) is 3. The topological polar surface area (TPSA) is 65.4 Å². The molecule has 0 unspecified atom stereocenters. The van der Waals surface area contributed by atoms with Crippen molar-refractivity contribution in [2.24, 2.45) is 0 Å². The first-order chi connectivity index (χ1) is 9.79. The number of benzene rings is 1. The summed E-state index contributed by atoms with van der Waals surface area (Å²) >= 11 is 1.70. The number of phenols is 1. The lowest BCUT2D eigenvalue weighted by molar-refractivity contribution is 0.296. The van der Waals surface area contributed by atoms with Gasteiger partial charge in [-0.25, -0.2) is 0 Å². The maximum Gasteiger partial charge on any atom is 0.115 e. The molecule has 0 saturated heterocycles. The van der Waals surface area contributed by atoms with Gasteiger partial charge in [-0.05, 0) is 30.2 Å². The molecule has 2 rings (SSSR count). The minimum Gasteiger partial charge on any atom is -0.508 e. The van der Waals surface area contributed by atoms with Crippen LogP contribution in [0.4, 0.5) is 5.69 Å². The number of nitrogens with one attached hydrogen (secondary N) is 1. The summed E-state index contributed by atoms with van der Waals surface area (Å²) in [7, 11) is 0. The van der Waals surface area contributed by atoms with Gasteiger partial charge in [0.25, 0.3) is 0 Å². The highest BCUT2D eigenvalue weighted by atomic mass is 32.2. The van der Waals surface area contributed by atoms with Crippen LogP contribution >= 0.6 is 11.8 Å². The smallest absolute Gasteiger partial charge is 0.115 e. The van der Waals surface area contributed by atoms with E-state index < -0.39 is 0 Å². The standard InChI is InChI=1S/C15H18N2O2S/c18-7-2-8-20-15-5-6-16-11-14(15)17-10-12-3-1-4-13(19)9-12/h1,3-6,9,11,17-19H,2,7-8,10H2. The zero-order valence-electron chi connectivity index (χ0n) is 11.1. The molecule has 0 amide bonds. The fourth-order valence-corrected chi connectivity index (χ4v) is 2.68. The van der Waals surface area contributed by atoms with Gasteiger partial charge in [-0.2, -0.15) is 0 Å². The van der Waals surface area contributed by atoms with Gasteiger partial charge < -0.3 is 15.5 Å². The molecule has 0 aliphatic carbocycles. The molecule has 20 heavy (non-hydrogen) atoms. The van der Waals surface area contributed by atoms with E-state index in [0.717, 1.165) is 28.3 Å². The Morgan fingerprint density at radius 1 is 1.25 bits per heavy atom. The highest BCUT2D eigenvalue weighted by molar-refractivity contribution is 7.99. The predicted octanol–water partition coefficient (Wildman–Crippen LogP) is 2.87. The third-order valence-electron chi connectivity index (χ3n) is 2.73. The largest absolute Gasteiger partial charge is 0.508 e. The SMILES string of the molecule is OCCCSc1ccncc1NCc1cccc(O)c1. The average Bonchev–Trinajstić information content (AvgIpc) is 2.47. The van der Waals surface area contributed by atoms with Crippen LogP contribution in [0, 0.1) is 0 Å². The summed E-state index contributed by atoms with van der Waals surface area (Å²) in [6.45, 7) is 0.845. The third kappa shape index (κ3) is 4.43. The summed E-state index contributed by atoms with van der Waals surface area (Å²) in [5.74, 6) is 1.15. The molecular formula is C15H18N2O2S. The van der Waals surface area contributed by atoms with E-state index >= 15 is 0 Å². The second-order valence-corrected chi connectivity index (χ2v) is 5.46. The molecule has 0 fully saturated rings. The van der Waals surface area contributed by atoms with Crippen LogP contribution in [-0.2, 0) is 6.54 Å². The molecular weight excluding hydrogens is 272 g/mol. The van der Waals surface area contributed by atoms with Gasteiger partial charge in [0.1, 0.15) is 5.75 Å². The number of pyridine rings is 1. The van der Waals surface area contributed by atoms with Crippen molar-refractivity contribution in [2.45, 2.75) is 17.9 Å². The molecule has 0 spiro atoms. The summed E-state index contributed by atoms with van der Waals surface area (Å²) in [6, 6.07) is 9.15. The van der Waals surface area contributed by atoms with Gasteiger partial charge in [0.05, 0.1) is 11.9 Å². The molecule has 0 atom stereocenters. The van der Waals surface area contributed by atoms with Gasteiger partial charge in [0.2, 0.25) is 0 Å². The predicted molar refractivity (Wildman–Crippen MR) is 82.1 cm³/mol. The van der Waals surface area contributed by atoms with Crippen LogP contribution in [0.3, 0.4) is 0 Å². The van der Waals surface area contributed by atoms with E-state index in [1.165, 1.54) is 0 Å². The van der Waals surface area contributed by atoms with Crippen molar-refractivity contribution in [2.75, 3.05) is 17.7 Å². The molecule has 1 heterocycles. The van der Waals surface area contributed by atoms with Crippen LogP contribution in [-0.4, -0.2) is 27.6 Å². The molecule has 0 radical (unpaired) electrons. The Kier molecular flexibility index (Phi) is 5.70. The van der Waals surface area contributed by atoms with Crippen LogP contribution in [0.5, 0.6) is 5.75 Å². The van der Waals surface area contributed by atoms with Gasteiger partial charge in [0, 0.05) is 30.0 Å². The van der Waals surface area contributed by atoms with E-state index in [4.69, 9.17) is 5.11 Å². The van der Waals surface area contributed by atoms with E-state index in [0.29, 0.717) is 6.54 Å². The van der Waals surface area contributed by atoms with Crippen LogP contribution in [0.25, 0.3) is 0 Å². The zero-order valence-corrected chi connectivity index (χ0v) is 11.9.